The largest absolute Gasteiger partial charge is 0.394 e. The highest BCUT2D eigenvalue weighted by Crippen LogP contribution is 2.34. The van der Waals surface area contributed by atoms with Gasteiger partial charge in [-0.05, 0) is 25.8 Å². The Balaban J connectivity index is 2.65. The molecule has 0 bridgehead atoms. The first kappa shape index (κ1) is 13.9. The van der Waals surface area contributed by atoms with E-state index in [1.165, 1.54) is 12.8 Å². The Hall–Kier alpha value is -0.160. The van der Waals surface area contributed by atoms with E-state index in [-0.39, 0.29) is 12.1 Å². The third-order valence-corrected chi connectivity index (χ3v) is 3.72. The van der Waals surface area contributed by atoms with Gasteiger partial charge in [-0.1, -0.05) is 19.8 Å². The van der Waals surface area contributed by atoms with E-state index in [2.05, 4.69) is 11.8 Å². The third-order valence-electron chi connectivity index (χ3n) is 3.72. The van der Waals surface area contributed by atoms with Crippen molar-refractivity contribution in [3.63, 3.8) is 0 Å². The van der Waals surface area contributed by atoms with Gasteiger partial charge in [-0.2, -0.15) is 0 Å². The van der Waals surface area contributed by atoms with Crippen LogP contribution in [0.4, 0.5) is 0 Å². The van der Waals surface area contributed by atoms with Gasteiger partial charge in [0.25, 0.3) is 0 Å². The molecule has 1 aliphatic carbocycles. The van der Waals surface area contributed by atoms with Gasteiger partial charge in [0, 0.05) is 18.6 Å². The van der Waals surface area contributed by atoms with E-state index in [1.54, 1.807) is 0 Å². The van der Waals surface area contributed by atoms with Crippen molar-refractivity contribution in [3.8, 4) is 0 Å². The Kier molecular flexibility index (Phi) is 5.69. The number of aliphatic hydroxyl groups is 2. The van der Waals surface area contributed by atoms with Crippen LogP contribution >= 0.6 is 0 Å². The highest BCUT2D eigenvalue weighted by atomic mass is 16.3. The molecule has 1 fully saturated rings. The van der Waals surface area contributed by atoms with E-state index >= 15 is 0 Å². The maximum absolute atomic E-state index is 9.59. The van der Waals surface area contributed by atoms with Gasteiger partial charge in [-0.25, -0.2) is 0 Å². The van der Waals surface area contributed by atoms with E-state index in [0.717, 1.165) is 25.8 Å². The second-order valence-corrected chi connectivity index (χ2v) is 4.92. The summed E-state index contributed by atoms with van der Waals surface area (Å²) in [6.07, 6.45) is 5.12. The molecule has 4 heteroatoms. The van der Waals surface area contributed by atoms with Crippen LogP contribution in [0.15, 0.2) is 0 Å². The first-order valence-corrected chi connectivity index (χ1v) is 6.42. The number of nitrogens with two attached hydrogens (primary N) is 1. The number of rotatable bonds is 7. The average molecular weight is 230 g/mol. The summed E-state index contributed by atoms with van der Waals surface area (Å²) >= 11 is 0. The molecule has 16 heavy (non-hydrogen) atoms. The molecule has 0 radical (unpaired) electrons. The van der Waals surface area contributed by atoms with Crippen molar-refractivity contribution in [2.24, 2.45) is 5.73 Å². The standard InChI is InChI=1S/C12H26N2O2/c1-2-7-14(8-11(16)9-15)12(10-13)5-3-4-6-12/h11,15-16H,2-10,13H2,1H3. The number of hydrogen-bond acceptors (Lipinski definition) is 4. The molecule has 96 valence electrons. The molecule has 0 aliphatic heterocycles. The van der Waals surface area contributed by atoms with Crippen LogP contribution in [0.5, 0.6) is 0 Å². The molecule has 0 aromatic carbocycles. The van der Waals surface area contributed by atoms with Gasteiger partial charge in [0.2, 0.25) is 0 Å². The van der Waals surface area contributed by atoms with E-state index < -0.39 is 6.10 Å². The van der Waals surface area contributed by atoms with Crippen LogP contribution in [0.3, 0.4) is 0 Å². The fourth-order valence-electron chi connectivity index (χ4n) is 2.79. The summed E-state index contributed by atoms with van der Waals surface area (Å²) in [5, 5.41) is 18.5. The zero-order valence-electron chi connectivity index (χ0n) is 10.4. The predicted molar refractivity (Wildman–Crippen MR) is 65.2 cm³/mol. The first-order chi connectivity index (χ1) is 7.68. The number of aliphatic hydroxyl groups excluding tert-OH is 2. The Morgan fingerprint density at radius 1 is 1.38 bits per heavy atom. The second kappa shape index (κ2) is 6.55. The lowest BCUT2D eigenvalue weighted by Crippen LogP contribution is -2.54. The summed E-state index contributed by atoms with van der Waals surface area (Å²) < 4.78 is 0. The number of β-amino-alcohol motifs (C(OH)–C–C–N with tert-alkyl or cyclic N) is 1. The summed E-state index contributed by atoms with van der Waals surface area (Å²) in [5.74, 6) is 0. The highest BCUT2D eigenvalue weighted by Gasteiger charge is 2.38. The molecule has 0 saturated heterocycles. The van der Waals surface area contributed by atoms with Gasteiger partial charge in [-0.15, -0.1) is 0 Å². The van der Waals surface area contributed by atoms with Crippen molar-refractivity contribution in [2.75, 3.05) is 26.2 Å². The Morgan fingerprint density at radius 2 is 2.00 bits per heavy atom. The molecule has 4 nitrogen and oxygen atoms in total. The van der Waals surface area contributed by atoms with Gasteiger partial charge in [0.05, 0.1) is 12.7 Å². The molecule has 4 N–H and O–H groups in total. The smallest absolute Gasteiger partial charge is 0.0897 e. The quantitative estimate of drug-likeness (QED) is 0.589. The van der Waals surface area contributed by atoms with E-state index in [0.29, 0.717) is 13.1 Å². The number of nitrogens with zero attached hydrogens (tertiary/aromatic N) is 1. The van der Waals surface area contributed by atoms with E-state index in [9.17, 15) is 5.11 Å². The van der Waals surface area contributed by atoms with Gasteiger partial charge in [0.15, 0.2) is 0 Å². The van der Waals surface area contributed by atoms with Crippen LogP contribution in [0.1, 0.15) is 39.0 Å². The molecule has 1 unspecified atom stereocenters. The minimum absolute atomic E-state index is 0.0756. The first-order valence-electron chi connectivity index (χ1n) is 6.42. The van der Waals surface area contributed by atoms with Crippen molar-refractivity contribution < 1.29 is 10.2 Å². The minimum atomic E-state index is -0.643. The monoisotopic (exact) mass is 230 g/mol. The van der Waals surface area contributed by atoms with Crippen molar-refractivity contribution in [1.29, 1.82) is 0 Å². The molecule has 0 amide bonds. The molecule has 0 spiro atoms. The molecule has 1 atom stereocenters. The summed E-state index contributed by atoms with van der Waals surface area (Å²) in [7, 11) is 0. The zero-order chi connectivity index (χ0) is 12.0. The lowest BCUT2D eigenvalue weighted by atomic mass is 9.94. The molecule has 0 heterocycles. The van der Waals surface area contributed by atoms with Crippen molar-refractivity contribution in [2.45, 2.75) is 50.7 Å². The van der Waals surface area contributed by atoms with Crippen LogP contribution in [-0.2, 0) is 0 Å². The molecule has 1 saturated carbocycles. The average Bonchev–Trinajstić information content (AvgIpc) is 2.78. The molecule has 1 rings (SSSR count). The zero-order valence-corrected chi connectivity index (χ0v) is 10.4. The summed E-state index contributed by atoms with van der Waals surface area (Å²) in [4.78, 5) is 2.29. The Morgan fingerprint density at radius 3 is 2.44 bits per heavy atom. The number of hydrogen-bond donors (Lipinski definition) is 3. The lowest BCUT2D eigenvalue weighted by molar-refractivity contribution is 0.0138. The fraction of sp³-hybridized carbons (Fsp3) is 1.00. The predicted octanol–water partition coefficient (Wildman–Crippen LogP) is 0.323. The Bertz CT molecular complexity index is 193. The Labute approximate surface area is 98.4 Å². The SMILES string of the molecule is CCCN(CC(O)CO)C1(CN)CCCC1. The summed E-state index contributed by atoms with van der Waals surface area (Å²) in [6.45, 7) is 4.12. The van der Waals surface area contributed by atoms with Gasteiger partial charge in [0.1, 0.15) is 0 Å². The third kappa shape index (κ3) is 3.17. The maximum Gasteiger partial charge on any atom is 0.0897 e. The minimum Gasteiger partial charge on any atom is -0.394 e. The molecular formula is C12H26N2O2. The van der Waals surface area contributed by atoms with E-state index in [1.807, 2.05) is 0 Å². The summed E-state index contributed by atoms with van der Waals surface area (Å²) in [5.41, 5.74) is 6.01. The summed E-state index contributed by atoms with van der Waals surface area (Å²) in [6, 6.07) is 0. The maximum atomic E-state index is 9.59. The molecular weight excluding hydrogens is 204 g/mol. The van der Waals surface area contributed by atoms with Gasteiger partial charge >= 0.3 is 0 Å². The van der Waals surface area contributed by atoms with Gasteiger partial charge in [-0.3, -0.25) is 4.90 Å². The lowest BCUT2D eigenvalue weighted by Gasteiger charge is -2.41. The molecule has 1 aliphatic rings. The molecule has 0 aromatic rings. The van der Waals surface area contributed by atoms with E-state index in [4.69, 9.17) is 10.8 Å². The normalized spacial score (nSPS) is 21.6. The topological polar surface area (TPSA) is 69.7 Å². The van der Waals surface area contributed by atoms with Gasteiger partial charge < -0.3 is 15.9 Å². The van der Waals surface area contributed by atoms with Crippen molar-refractivity contribution in [1.82, 2.24) is 4.90 Å². The van der Waals surface area contributed by atoms with Crippen LogP contribution in [0.25, 0.3) is 0 Å². The van der Waals surface area contributed by atoms with Crippen LogP contribution < -0.4 is 5.73 Å². The van der Waals surface area contributed by atoms with Crippen LogP contribution in [0.2, 0.25) is 0 Å². The van der Waals surface area contributed by atoms with Crippen LogP contribution in [0, 0.1) is 0 Å². The van der Waals surface area contributed by atoms with Crippen molar-refractivity contribution in [3.05, 3.63) is 0 Å². The fourth-order valence-corrected chi connectivity index (χ4v) is 2.79. The second-order valence-electron chi connectivity index (χ2n) is 4.92. The van der Waals surface area contributed by atoms with Crippen LogP contribution in [-0.4, -0.2) is 53.0 Å². The molecule has 0 aromatic heterocycles. The van der Waals surface area contributed by atoms with Crippen molar-refractivity contribution >= 4 is 0 Å². The highest BCUT2D eigenvalue weighted by molar-refractivity contribution is 4.96.